The summed E-state index contributed by atoms with van der Waals surface area (Å²) in [6.45, 7) is 5.64. The molecule has 0 atom stereocenters. The number of aromatic nitrogens is 4. The summed E-state index contributed by atoms with van der Waals surface area (Å²) in [7, 11) is 0. The number of aryl methyl sites for hydroxylation is 1. The maximum Gasteiger partial charge on any atom is 0.389 e. The second-order valence-corrected chi connectivity index (χ2v) is 5.78. The number of rotatable bonds is 7. The van der Waals surface area contributed by atoms with E-state index in [9.17, 15) is 10.1 Å². The number of anilines is 1. The summed E-state index contributed by atoms with van der Waals surface area (Å²) in [4.78, 5) is 23.3. The molecule has 3 rings (SSSR count). The van der Waals surface area contributed by atoms with E-state index in [2.05, 4.69) is 24.9 Å². The van der Waals surface area contributed by atoms with Gasteiger partial charge in [-0.15, -0.1) is 0 Å². The Labute approximate surface area is 140 Å². The van der Waals surface area contributed by atoms with Gasteiger partial charge >= 0.3 is 5.82 Å². The van der Waals surface area contributed by atoms with Crippen molar-refractivity contribution in [3.63, 3.8) is 0 Å². The molecular formula is C15H21N7O2. The summed E-state index contributed by atoms with van der Waals surface area (Å²) in [6.07, 6.45) is 7.22. The molecule has 9 nitrogen and oxygen atoms in total. The Morgan fingerprint density at radius 3 is 2.46 bits per heavy atom. The van der Waals surface area contributed by atoms with Crippen molar-refractivity contribution in [2.24, 2.45) is 0 Å². The Morgan fingerprint density at radius 2 is 1.79 bits per heavy atom. The van der Waals surface area contributed by atoms with Gasteiger partial charge in [0.05, 0.1) is 23.9 Å². The lowest BCUT2D eigenvalue weighted by Crippen LogP contribution is -2.47. The van der Waals surface area contributed by atoms with Crippen LogP contribution in [-0.2, 0) is 6.54 Å². The van der Waals surface area contributed by atoms with Crippen LogP contribution < -0.4 is 4.90 Å². The summed E-state index contributed by atoms with van der Waals surface area (Å²) in [5, 5.41) is 14.5. The molecule has 128 valence electrons. The molecule has 0 saturated carbocycles. The van der Waals surface area contributed by atoms with Gasteiger partial charge in [0.2, 0.25) is 5.95 Å². The Balaban J connectivity index is 1.34. The first kappa shape index (κ1) is 16.3. The molecule has 2 aromatic heterocycles. The fraction of sp³-hybridized carbons (Fsp3) is 0.533. The van der Waals surface area contributed by atoms with Crippen LogP contribution in [0.3, 0.4) is 0 Å². The highest BCUT2D eigenvalue weighted by molar-refractivity contribution is 5.29. The molecule has 0 aromatic carbocycles. The van der Waals surface area contributed by atoms with Crippen LogP contribution in [0.15, 0.2) is 30.7 Å². The van der Waals surface area contributed by atoms with E-state index in [0.29, 0.717) is 6.54 Å². The summed E-state index contributed by atoms with van der Waals surface area (Å²) in [6, 6.07) is 3.26. The topological polar surface area (TPSA) is 93.2 Å². The van der Waals surface area contributed by atoms with Gasteiger partial charge in [0.15, 0.2) is 0 Å². The molecule has 0 aliphatic carbocycles. The number of unbranched alkanes of at least 4 members (excludes halogenated alkanes) is 1. The van der Waals surface area contributed by atoms with E-state index in [1.54, 1.807) is 23.3 Å². The minimum Gasteiger partial charge on any atom is -0.358 e. The zero-order valence-electron chi connectivity index (χ0n) is 13.5. The molecular weight excluding hydrogens is 310 g/mol. The molecule has 0 radical (unpaired) electrons. The van der Waals surface area contributed by atoms with Gasteiger partial charge in [-0.05, 0) is 30.4 Å². The molecule has 0 spiro atoms. The Bertz CT molecular complexity index is 653. The third-order valence-corrected chi connectivity index (χ3v) is 4.13. The van der Waals surface area contributed by atoms with E-state index in [4.69, 9.17) is 0 Å². The Kier molecular flexibility index (Phi) is 5.32. The molecule has 0 amide bonds. The standard InChI is InChI=1S/C15H21N7O2/c23-22(24)14-4-9-21(18-14)8-2-1-7-19-10-12-20(13-11-19)15-16-5-3-6-17-15/h3-6,9H,1-2,7-8,10-13H2. The first-order chi connectivity index (χ1) is 11.7. The zero-order valence-corrected chi connectivity index (χ0v) is 13.5. The first-order valence-corrected chi connectivity index (χ1v) is 8.14. The van der Waals surface area contributed by atoms with Gasteiger partial charge in [-0.25, -0.2) is 9.97 Å². The molecule has 1 aliphatic heterocycles. The average molecular weight is 331 g/mol. The van der Waals surface area contributed by atoms with Crippen LogP contribution >= 0.6 is 0 Å². The SMILES string of the molecule is O=[N+]([O-])c1ccn(CCCCN2CCN(c3ncccn3)CC2)n1. The van der Waals surface area contributed by atoms with Crippen molar-refractivity contribution in [3.8, 4) is 0 Å². The molecule has 9 heteroatoms. The van der Waals surface area contributed by atoms with Crippen molar-refractivity contribution in [3.05, 3.63) is 40.8 Å². The quantitative estimate of drug-likeness (QED) is 0.427. The number of nitro groups is 1. The minimum atomic E-state index is -0.466. The summed E-state index contributed by atoms with van der Waals surface area (Å²) >= 11 is 0. The number of piperazine rings is 1. The van der Waals surface area contributed by atoms with Crippen molar-refractivity contribution in [1.82, 2.24) is 24.6 Å². The predicted molar refractivity (Wildman–Crippen MR) is 88.8 cm³/mol. The fourth-order valence-corrected chi connectivity index (χ4v) is 2.81. The molecule has 0 N–H and O–H groups in total. The van der Waals surface area contributed by atoms with Crippen molar-refractivity contribution >= 4 is 11.8 Å². The van der Waals surface area contributed by atoms with Crippen molar-refractivity contribution < 1.29 is 4.92 Å². The largest absolute Gasteiger partial charge is 0.389 e. The molecule has 2 aromatic rings. The molecule has 1 fully saturated rings. The van der Waals surface area contributed by atoms with Crippen molar-refractivity contribution in [1.29, 1.82) is 0 Å². The summed E-state index contributed by atoms with van der Waals surface area (Å²) < 4.78 is 1.64. The normalized spacial score (nSPS) is 15.6. The highest BCUT2D eigenvalue weighted by Gasteiger charge is 2.18. The smallest absolute Gasteiger partial charge is 0.358 e. The van der Waals surface area contributed by atoms with Crippen LogP contribution in [0.5, 0.6) is 0 Å². The minimum absolute atomic E-state index is 0.0887. The molecule has 0 unspecified atom stereocenters. The highest BCUT2D eigenvalue weighted by atomic mass is 16.6. The van der Waals surface area contributed by atoms with Crippen LogP contribution in [0.25, 0.3) is 0 Å². The van der Waals surface area contributed by atoms with Crippen LogP contribution in [-0.4, -0.2) is 62.3 Å². The second kappa shape index (κ2) is 7.82. The van der Waals surface area contributed by atoms with Crippen molar-refractivity contribution in [2.75, 3.05) is 37.6 Å². The second-order valence-electron chi connectivity index (χ2n) is 5.78. The average Bonchev–Trinajstić information content (AvgIpc) is 3.09. The third-order valence-electron chi connectivity index (χ3n) is 4.13. The van der Waals surface area contributed by atoms with Crippen molar-refractivity contribution in [2.45, 2.75) is 19.4 Å². The molecule has 0 bridgehead atoms. The lowest BCUT2D eigenvalue weighted by Gasteiger charge is -2.34. The summed E-state index contributed by atoms with van der Waals surface area (Å²) in [5.74, 6) is 0.715. The van der Waals surface area contributed by atoms with E-state index in [-0.39, 0.29) is 5.82 Å². The lowest BCUT2D eigenvalue weighted by molar-refractivity contribution is -0.389. The van der Waals surface area contributed by atoms with Crippen LogP contribution in [0.2, 0.25) is 0 Å². The van der Waals surface area contributed by atoms with E-state index in [1.807, 2.05) is 6.07 Å². The van der Waals surface area contributed by atoms with E-state index < -0.39 is 4.92 Å². The third kappa shape index (κ3) is 4.25. The molecule has 3 heterocycles. The van der Waals surface area contributed by atoms with Gasteiger partial charge in [-0.3, -0.25) is 4.90 Å². The Morgan fingerprint density at radius 1 is 1.08 bits per heavy atom. The lowest BCUT2D eigenvalue weighted by atomic mass is 10.2. The van der Waals surface area contributed by atoms with Gasteiger partial charge in [0, 0.05) is 38.6 Å². The van der Waals surface area contributed by atoms with Gasteiger partial charge in [-0.2, -0.15) is 4.68 Å². The summed E-state index contributed by atoms with van der Waals surface area (Å²) in [5.41, 5.74) is 0. The molecule has 24 heavy (non-hydrogen) atoms. The maximum atomic E-state index is 10.6. The number of hydrogen-bond acceptors (Lipinski definition) is 7. The van der Waals surface area contributed by atoms with Gasteiger partial charge in [0.1, 0.15) is 0 Å². The number of hydrogen-bond donors (Lipinski definition) is 0. The van der Waals surface area contributed by atoms with Crippen LogP contribution in [0, 0.1) is 10.1 Å². The van der Waals surface area contributed by atoms with E-state index >= 15 is 0 Å². The highest BCUT2D eigenvalue weighted by Crippen LogP contribution is 2.11. The van der Waals surface area contributed by atoms with Gasteiger partial charge in [-0.1, -0.05) is 0 Å². The molecule has 1 saturated heterocycles. The Hall–Kier alpha value is -2.55. The number of nitrogens with zero attached hydrogens (tertiary/aromatic N) is 7. The zero-order chi connectivity index (χ0) is 16.8. The molecule has 1 aliphatic rings. The maximum absolute atomic E-state index is 10.6. The van der Waals surface area contributed by atoms with Crippen LogP contribution in [0.4, 0.5) is 11.8 Å². The fourth-order valence-electron chi connectivity index (χ4n) is 2.81. The monoisotopic (exact) mass is 331 g/mol. The predicted octanol–water partition coefficient (Wildman–Crippen LogP) is 1.18. The first-order valence-electron chi connectivity index (χ1n) is 8.14. The van der Waals surface area contributed by atoms with Crippen LogP contribution in [0.1, 0.15) is 12.8 Å². The van der Waals surface area contributed by atoms with E-state index in [0.717, 1.165) is 51.5 Å². The van der Waals surface area contributed by atoms with Gasteiger partial charge < -0.3 is 15.0 Å². The van der Waals surface area contributed by atoms with Gasteiger partial charge in [0.25, 0.3) is 0 Å². The van der Waals surface area contributed by atoms with E-state index in [1.165, 1.54) is 6.07 Å².